The third kappa shape index (κ3) is 3.81. The maximum atomic E-state index is 11.8. The summed E-state index contributed by atoms with van der Waals surface area (Å²) in [4.78, 5) is 27.3. The highest BCUT2D eigenvalue weighted by Crippen LogP contribution is 2.05. The van der Waals surface area contributed by atoms with E-state index >= 15 is 0 Å². The lowest BCUT2D eigenvalue weighted by molar-refractivity contribution is -0.115. The van der Waals surface area contributed by atoms with Gasteiger partial charge >= 0.3 is 0 Å². The number of nitrogen functional groups attached to an aromatic ring is 1. The topological polar surface area (TPSA) is 97.1 Å². The summed E-state index contributed by atoms with van der Waals surface area (Å²) in [5.74, 6) is -0.645. The number of hydrogen-bond donors (Lipinski definition) is 3. The van der Waals surface area contributed by atoms with Crippen LogP contribution in [0.5, 0.6) is 0 Å². The van der Waals surface area contributed by atoms with Gasteiger partial charge in [0.1, 0.15) is 0 Å². The van der Waals surface area contributed by atoms with E-state index in [4.69, 9.17) is 5.73 Å². The number of rotatable bonds is 4. The fourth-order valence-corrected chi connectivity index (χ4v) is 1.54. The molecule has 0 saturated carbocycles. The zero-order valence-electron chi connectivity index (χ0n) is 10.7. The van der Waals surface area contributed by atoms with Crippen molar-refractivity contribution in [2.45, 2.75) is 0 Å². The molecule has 4 N–H and O–H groups in total. The molecular weight excluding hydrogens is 256 g/mol. The van der Waals surface area contributed by atoms with Crippen LogP contribution in [0.15, 0.2) is 48.8 Å². The molecule has 6 nitrogen and oxygen atoms in total. The van der Waals surface area contributed by atoms with Crippen molar-refractivity contribution < 1.29 is 9.59 Å². The van der Waals surface area contributed by atoms with Crippen LogP contribution in [-0.4, -0.2) is 23.3 Å². The molecule has 2 amide bonds. The number of amides is 2. The fourth-order valence-electron chi connectivity index (χ4n) is 1.54. The first-order chi connectivity index (χ1) is 9.65. The third-order valence-corrected chi connectivity index (χ3v) is 2.53. The number of nitrogens with one attached hydrogen (secondary N) is 2. The van der Waals surface area contributed by atoms with E-state index in [9.17, 15) is 9.59 Å². The van der Waals surface area contributed by atoms with Crippen LogP contribution in [0.2, 0.25) is 0 Å². The van der Waals surface area contributed by atoms with Crippen molar-refractivity contribution in [3.8, 4) is 0 Å². The molecule has 0 atom stereocenters. The molecule has 6 heteroatoms. The largest absolute Gasteiger partial charge is 0.399 e. The smallest absolute Gasteiger partial charge is 0.251 e. The van der Waals surface area contributed by atoms with Crippen molar-refractivity contribution in [3.05, 3.63) is 54.4 Å². The normalized spacial score (nSPS) is 9.80. The number of carbonyl (C=O) groups is 2. The van der Waals surface area contributed by atoms with E-state index in [0.717, 1.165) is 0 Å². The fraction of sp³-hybridized carbons (Fsp3) is 0.0714. The van der Waals surface area contributed by atoms with Crippen LogP contribution in [-0.2, 0) is 4.79 Å². The van der Waals surface area contributed by atoms with Crippen LogP contribution in [0, 0.1) is 0 Å². The van der Waals surface area contributed by atoms with Gasteiger partial charge in [-0.2, -0.15) is 0 Å². The molecule has 0 radical (unpaired) electrons. The van der Waals surface area contributed by atoms with Crippen molar-refractivity contribution >= 4 is 23.2 Å². The van der Waals surface area contributed by atoms with Crippen LogP contribution >= 0.6 is 0 Å². The number of hydrogen-bond acceptors (Lipinski definition) is 4. The molecule has 102 valence electrons. The van der Waals surface area contributed by atoms with Gasteiger partial charge in [0, 0.05) is 17.4 Å². The molecular formula is C14H14N4O2. The summed E-state index contributed by atoms with van der Waals surface area (Å²) in [7, 11) is 0. The lowest BCUT2D eigenvalue weighted by Crippen LogP contribution is -2.32. The predicted molar refractivity (Wildman–Crippen MR) is 76.1 cm³/mol. The van der Waals surface area contributed by atoms with Crippen molar-refractivity contribution in [1.29, 1.82) is 0 Å². The van der Waals surface area contributed by atoms with E-state index in [1.165, 1.54) is 6.20 Å². The molecule has 0 aliphatic carbocycles. The van der Waals surface area contributed by atoms with Crippen LogP contribution in [0.3, 0.4) is 0 Å². The van der Waals surface area contributed by atoms with Gasteiger partial charge in [-0.15, -0.1) is 0 Å². The Morgan fingerprint density at radius 3 is 2.55 bits per heavy atom. The number of aromatic nitrogens is 1. The summed E-state index contributed by atoms with van der Waals surface area (Å²) in [6.45, 7) is -0.113. The van der Waals surface area contributed by atoms with Gasteiger partial charge in [0.05, 0.1) is 18.4 Å². The lowest BCUT2D eigenvalue weighted by atomic mass is 10.2. The Balaban J connectivity index is 1.84. The molecule has 0 bridgehead atoms. The molecule has 0 unspecified atom stereocenters. The minimum atomic E-state index is -0.327. The average Bonchev–Trinajstić information content (AvgIpc) is 2.46. The zero-order chi connectivity index (χ0) is 14.4. The number of nitrogens with zero attached hydrogens (tertiary/aromatic N) is 1. The summed E-state index contributed by atoms with van der Waals surface area (Å²) in [5, 5.41) is 5.15. The van der Waals surface area contributed by atoms with Gasteiger partial charge in [-0.05, 0) is 36.4 Å². The van der Waals surface area contributed by atoms with Gasteiger partial charge in [0.2, 0.25) is 5.91 Å². The standard InChI is InChI=1S/C14H14N4O2/c15-11-5-3-10(4-6-11)14(20)17-9-13(19)18-12-2-1-7-16-8-12/h1-8H,9,15H2,(H,17,20)(H,18,19). The van der Waals surface area contributed by atoms with E-state index < -0.39 is 0 Å². The van der Waals surface area contributed by atoms with Gasteiger partial charge < -0.3 is 16.4 Å². The van der Waals surface area contributed by atoms with Crippen LogP contribution in [0.1, 0.15) is 10.4 Å². The maximum absolute atomic E-state index is 11.8. The average molecular weight is 270 g/mol. The first kappa shape index (κ1) is 13.5. The summed E-state index contributed by atoms with van der Waals surface area (Å²) in [6, 6.07) is 9.89. The summed E-state index contributed by atoms with van der Waals surface area (Å²) in [5.41, 5.74) is 7.15. The minimum absolute atomic E-state index is 0.113. The maximum Gasteiger partial charge on any atom is 0.251 e. The second kappa shape index (κ2) is 6.33. The second-order valence-corrected chi connectivity index (χ2v) is 4.09. The number of pyridine rings is 1. The molecule has 20 heavy (non-hydrogen) atoms. The molecule has 0 aliphatic heterocycles. The number of nitrogens with two attached hydrogens (primary N) is 1. The van der Waals surface area contributed by atoms with E-state index in [2.05, 4.69) is 15.6 Å². The SMILES string of the molecule is Nc1ccc(C(=O)NCC(=O)Nc2cccnc2)cc1. The number of anilines is 2. The van der Waals surface area contributed by atoms with E-state index in [-0.39, 0.29) is 18.4 Å². The summed E-state index contributed by atoms with van der Waals surface area (Å²) < 4.78 is 0. The highest BCUT2D eigenvalue weighted by Gasteiger charge is 2.07. The Kier molecular flexibility index (Phi) is 4.28. The van der Waals surface area contributed by atoms with E-state index in [1.807, 2.05) is 0 Å². The molecule has 0 aliphatic rings. The molecule has 2 aromatic rings. The molecule has 2 rings (SSSR count). The van der Waals surface area contributed by atoms with Gasteiger partial charge in [-0.1, -0.05) is 0 Å². The Morgan fingerprint density at radius 1 is 1.15 bits per heavy atom. The highest BCUT2D eigenvalue weighted by atomic mass is 16.2. The Hall–Kier alpha value is -2.89. The van der Waals surface area contributed by atoms with E-state index in [1.54, 1.807) is 42.6 Å². The Morgan fingerprint density at radius 2 is 1.90 bits per heavy atom. The van der Waals surface area contributed by atoms with Crippen LogP contribution in [0.25, 0.3) is 0 Å². The number of benzene rings is 1. The van der Waals surface area contributed by atoms with E-state index in [0.29, 0.717) is 16.9 Å². The molecule has 1 heterocycles. The first-order valence-corrected chi connectivity index (χ1v) is 5.99. The van der Waals surface area contributed by atoms with Gasteiger partial charge in [-0.3, -0.25) is 14.6 Å². The Bertz CT molecular complexity index is 596. The van der Waals surface area contributed by atoms with Crippen molar-refractivity contribution in [2.75, 3.05) is 17.6 Å². The highest BCUT2D eigenvalue weighted by molar-refractivity contribution is 5.99. The van der Waals surface area contributed by atoms with Gasteiger partial charge in [-0.25, -0.2) is 0 Å². The predicted octanol–water partition coefficient (Wildman–Crippen LogP) is 1.03. The molecule has 1 aromatic heterocycles. The van der Waals surface area contributed by atoms with Crippen molar-refractivity contribution in [1.82, 2.24) is 10.3 Å². The Labute approximate surface area is 116 Å². The third-order valence-electron chi connectivity index (χ3n) is 2.53. The summed E-state index contributed by atoms with van der Waals surface area (Å²) in [6.07, 6.45) is 3.14. The molecule has 1 aromatic carbocycles. The molecule has 0 spiro atoms. The molecule has 0 saturated heterocycles. The van der Waals surface area contributed by atoms with Gasteiger partial charge in [0.15, 0.2) is 0 Å². The zero-order valence-corrected chi connectivity index (χ0v) is 10.7. The van der Waals surface area contributed by atoms with Crippen LogP contribution < -0.4 is 16.4 Å². The van der Waals surface area contributed by atoms with Crippen molar-refractivity contribution in [3.63, 3.8) is 0 Å². The van der Waals surface area contributed by atoms with Crippen molar-refractivity contribution in [2.24, 2.45) is 0 Å². The summed E-state index contributed by atoms with van der Waals surface area (Å²) >= 11 is 0. The second-order valence-electron chi connectivity index (χ2n) is 4.09. The minimum Gasteiger partial charge on any atom is -0.399 e. The van der Waals surface area contributed by atoms with Crippen LogP contribution in [0.4, 0.5) is 11.4 Å². The monoisotopic (exact) mass is 270 g/mol. The lowest BCUT2D eigenvalue weighted by Gasteiger charge is -2.06. The molecule has 0 fully saturated rings. The van der Waals surface area contributed by atoms with Gasteiger partial charge in [0.25, 0.3) is 5.91 Å². The number of carbonyl (C=O) groups excluding carboxylic acids is 2. The quantitative estimate of drug-likeness (QED) is 0.723. The first-order valence-electron chi connectivity index (χ1n) is 5.99.